The van der Waals surface area contributed by atoms with Crippen LogP contribution in [0, 0.1) is 5.92 Å². The van der Waals surface area contributed by atoms with E-state index in [0.717, 1.165) is 0 Å². The smallest absolute Gasteiger partial charge is 0.242 e. The van der Waals surface area contributed by atoms with Gasteiger partial charge in [-0.25, -0.2) is 0 Å². The number of hydrogen-bond acceptors (Lipinski definition) is 2. The Hall–Kier alpha value is -1.06. The molecule has 4 nitrogen and oxygen atoms in total. The molecule has 1 fully saturated rings. The molecule has 1 aliphatic heterocycles. The second-order valence-corrected chi connectivity index (χ2v) is 4.18. The first-order valence-corrected chi connectivity index (χ1v) is 5.04. The summed E-state index contributed by atoms with van der Waals surface area (Å²) >= 11 is 0. The Bertz CT molecular complexity index is 251. The van der Waals surface area contributed by atoms with Crippen molar-refractivity contribution >= 4 is 11.8 Å². The van der Waals surface area contributed by atoms with Crippen LogP contribution in [-0.4, -0.2) is 35.3 Å². The topological polar surface area (TPSA) is 49.4 Å². The number of nitrogens with one attached hydrogen (secondary N) is 1. The van der Waals surface area contributed by atoms with Gasteiger partial charge in [0.1, 0.15) is 6.04 Å². The summed E-state index contributed by atoms with van der Waals surface area (Å²) < 4.78 is 0. The first-order chi connectivity index (χ1) is 6.45. The lowest BCUT2D eigenvalue weighted by atomic mass is 10.0. The fraction of sp³-hybridized carbons (Fsp3) is 0.800. The van der Waals surface area contributed by atoms with Crippen LogP contribution >= 0.6 is 0 Å². The molecule has 2 amide bonds. The predicted molar refractivity (Wildman–Crippen MR) is 53.6 cm³/mol. The quantitative estimate of drug-likeness (QED) is 0.697. The van der Waals surface area contributed by atoms with Gasteiger partial charge in [0.2, 0.25) is 11.8 Å². The molecule has 0 radical (unpaired) electrons. The van der Waals surface area contributed by atoms with Crippen molar-refractivity contribution in [2.75, 3.05) is 6.54 Å². The number of carbonyl (C=O) groups is 2. The third kappa shape index (κ3) is 1.89. The Morgan fingerprint density at radius 2 is 1.93 bits per heavy atom. The molecular formula is C10H18N2O2. The van der Waals surface area contributed by atoms with Crippen molar-refractivity contribution in [1.82, 2.24) is 10.2 Å². The summed E-state index contributed by atoms with van der Waals surface area (Å²) in [5, 5.41) is 2.58. The number of amides is 2. The van der Waals surface area contributed by atoms with Crippen molar-refractivity contribution in [3.8, 4) is 0 Å². The predicted octanol–water partition coefficient (Wildman–Crippen LogP) is 0.378. The molecule has 0 spiro atoms. The average molecular weight is 198 g/mol. The molecule has 0 aliphatic carbocycles. The number of piperazine rings is 1. The molecule has 0 aromatic heterocycles. The molecule has 2 atom stereocenters. The Labute approximate surface area is 84.7 Å². The highest BCUT2D eigenvalue weighted by Gasteiger charge is 2.34. The molecular weight excluding hydrogens is 180 g/mol. The zero-order valence-electron chi connectivity index (χ0n) is 9.20. The monoisotopic (exact) mass is 198 g/mol. The molecule has 4 heteroatoms. The van der Waals surface area contributed by atoms with E-state index in [9.17, 15) is 9.59 Å². The van der Waals surface area contributed by atoms with E-state index in [2.05, 4.69) is 19.2 Å². The third-order valence-corrected chi connectivity index (χ3v) is 2.90. The molecule has 0 aromatic carbocycles. The number of carbonyl (C=O) groups excluding carboxylic acids is 2. The van der Waals surface area contributed by atoms with E-state index in [1.807, 2.05) is 6.92 Å². The van der Waals surface area contributed by atoms with E-state index in [1.165, 1.54) is 0 Å². The molecule has 1 rings (SSSR count). The van der Waals surface area contributed by atoms with Gasteiger partial charge in [0.05, 0.1) is 6.54 Å². The van der Waals surface area contributed by atoms with Crippen molar-refractivity contribution in [3.05, 3.63) is 0 Å². The molecule has 1 saturated heterocycles. The molecule has 1 heterocycles. The lowest BCUT2D eigenvalue weighted by Crippen LogP contribution is -2.60. The lowest BCUT2D eigenvalue weighted by Gasteiger charge is -2.39. The van der Waals surface area contributed by atoms with Crippen molar-refractivity contribution < 1.29 is 9.59 Å². The van der Waals surface area contributed by atoms with Crippen LogP contribution in [0.3, 0.4) is 0 Å². The van der Waals surface area contributed by atoms with Crippen molar-refractivity contribution in [3.63, 3.8) is 0 Å². The van der Waals surface area contributed by atoms with Gasteiger partial charge < -0.3 is 10.2 Å². The Balaban J connectivity index is 2.82. The standard InChI is InChI=1S/C10H18N2O2/c1-6(2)7(3)12-8(4)10(14)11-5-9(12)13/h6-8H,5H2,1-4H3,(H,11,14). The fourth-order valence-corrected chi connectivity index (χ4v) is 1.65. The highest BCUT2D eigenvalue weighted by atomic mass is 16.2. The van der Waals surface area contributed by atoms with Crippen molar-refractivity contribution in [2.45, 2.75) is 39.8 Å². The summed E-state index contributed by atoms with van der Waals surface area (Å²) in [5.41, 5.74) is 0. The zero-order valence-corrected chi connectivity index (χ0v) is 9.20. The first kappa shape index (κ1) is 11.0. The summed E-state index contributed by atoms with van der Waals surface area (Å²) in [6, 6.07) is -0.225. The van der Waals surface area contributed by atoms with Gasteiger partial charge >= 0.3 is 0 Å². The van der Waals surface area contributed by atoms with E-state index in [0.29, 0.717) is 5.92 Å². The number of rotatable bonds is 2. The number of hydrogen-bond donors (Lipinski definition) is 1. The first-order valence-electron chi connectivity index (χ1n) is 5.04. The highest BCUT2D eigenvalue weighted by Crippen LogP contribution is 2.16. The lowest BCUT2D eigenvalue weighted by molar-refractivity contribution is -0.148. The minimum atomic E-state index is -0.339. The summed E-state index contributed by atoms with van der Waals surface area (Å²) in [7, 11) is 0. The van der Waals surface area contributed by atoms with Gasteiger partial charge in [0, 0.05) is 6.04 Å². The minimum absolute atomic E-state index is 0.0123. The molecule has 0 bridgehead atoms. The second-order valence-electron chi connectivity index (χ2n) is 4.18. The van der Waals surface area contributed by atoms with E-state index in [4.69, 9.17) is 0 Å². The maximum Gasteiger partial charge on any atom is 0.242 e. The average Bonchev–Trinajstić information content (AvgIpc) is 2.12. The molecule has 80 valence electrons. The Kier molecular flexibility index (Phi) is 3.13. The van der Waals surface area contributed by atoms with Gasteiger partial charge in [-0.2, -0.15) is 0 Å². The maximum absolute atomic E-state index is 11.6. The zero-order chi connectivity index (χ0) is 10.9. The van der Waals surface area contributed by atoms with E-state index in [1.54, 1.807) is 11.8 Å². The van der Waals surface area contributed by atoms with Gasteiger partial charge in [0.15, 0.2) is 0 Å². The van der Waals surface area contributed by atoms with Crippen LogP contribution in [0.4, 0.5) is 0 Å². The van der Waals surface area contributed by atoms with Crippen LogP contribution in [0.2, 0.25) is 0 Å². The Morgan fingerprint density at radius 3 is 2.43 bits per heavy atom. The van der Waals surface area contributed by atoms with Crippen LogP contribution in [0.15, 0.2) is 0 Å². The van der Waals surface area contributed by atoms with Crippen LogP contribution < -0.4 is 5.32 Å². The summed E-state index contributed by atoms with van der Waals surface area (Å²) in [6.07, 6.45) is 0. The van der Waals surface area contributed by atoms with Crippen LogP contribution in [0.1, 0.15) is 27.7 Å². The molecule has 0 saturated carbocycles. The van der Waals surface area contributed by atoms with Gasteiger partial charge in [-0.05, 0) is 19.8 Å². The van der Waals surface area contributed by atoms with Crippen LogP contribution in [0.25, 0.3) is 0 Å². The molecule has 1 N–H and O–H groups in total. The summed E-state index contributed by atoms with van der Waals surface area (Å²) in [5.74, 6) is 0.322. The van der Waals surface area contributed by atoms with Crippen LogP contribution in [-0.2, 0) is 9.59 Å². The summed E-state index contributed by atoms with van der Waals surface area (Å²) in [4.78, 5) is 24.7. The van der Waals surface area contributed by atoms with Gasteiger partial charge in [-0.15, -0.1) is 0 Å². The van der Waals surface area contributed by atoms with Crippen molar-refractivity contribution in [2.24, 2.45) is 5.92 Å². The van der Waals surface area contributed by atoms with E-state index >= 15 is 0 Å². The minimum Gasteiger partial charge on any atom is -0.345 e. The normalized spacial score (nSPS) is 25.2. The van der Waals surface area contributed by atoms with Gasteiger partial charge in [-0.3, -0.25) is 9.59 Å². The highest BCUT2D eigenvalue weighted by molar-refractivity contribution is 5.94. The maximum atomic E-state index is 11.6. The van der Waals surface area contributed by atoms with E-state index < -0.39 is 0 Å². The van der Waals surface area contributed by atoms with Gasteiger partial charge in [0.25, 0.3) is 0 Å². The fourth-order valence-electron chi connectivity index (χ4n) is 1.65. The molecule has 1 aliphatic rings. The van der Waals surface area contributed by atoms with Gasteiger partial charge in [-0.1, -0.05) is 13.8 Å². The SMILES string of the molecule is CC(C)C(C)N1C(=O)CNC(=O)C1C. The molecule has 14 heavy (non-hydrogen) atoms. The van der Waals surface area contributed by atoms with Crippen LogP contribution in [0.5, 0.6) is 0 Å². The summed E-state index contributed by atoms with van der Waals surface area (Å²) in [6.45, 7) is 8.00. The Morgan fingerprint density at radius 1 is 1.36 bits per heavy atom. The second kappa shape index (κ2) is 3.98. The van der Waals surface area contributed by atoms with E-state index in [-0.39, 0.29) is 30.4 Å². The molecule has 2 unspecified atom stereocenters. The number of nitrogens with zero attached hydrogens (tertiary/aromatic N) is 1. The van der Waals surface area contributed by atoms with Crippen molar-refractivity contribution in [1.29, 1.82) is 0 Å². The largest absolute Gasteiger partial charge is 0.345 e. The third-order valence-electron chi connectivity index (χ3n) is 2.90. The molecule has 0 aromatic rings.